The second kappa shape index (κ2) is 18.4. The van der Waals surface area contributed by atoms with E-state index in [9.17, 15) is 9.59 Å². The highest BCUT2D eigenvalue weighted by Crippen LogP contribution is 2.39. The average Bonchev–Trinajstić information content (AvgIpc) is 3.29. The van der Waals surface area contributed by atoms with Gasteiger partial charge >= 0.3 is 0 Å². The molecule has 0 saturated carbocycles. The molecule has 0 spiro atoms. The summed E-state index contributed by atoms with van der Waals surface area (Å²) < 4.78 is 23.5. The first-order valence-corrected chi connectivity index (χ1v) is 18.4. The maximum Gasteiger partial charge on any atom is 0.257 e. The number of nitrogens with zero attached hydrogens (tertiary/aromatic N) is 3. The molecule has 9 nitrogen and oxygen atoms in total. The smallest absolute Gasteiger partial charge is 0.257 e. The van der Waals surface area contributed by atoms with Crippen molar-refractivity contribution < 1.29 is 28.5 Å². The third-order valence-electron chi connectivity index (χ3n) is 9.52. The van der Waals surface area contributed by atoms with Crippen molar-refractivity contribution in [2.75, 3.05) is 27.4 Å². The molecule has 1 amide bonds. The van der Waals surface area contributed by atoms with Crippen molar-refractivity contribution in [1.29, 1.82) is 0 Å². The van der Waals surface area contributed by atoms with Crippen molar-refractivity contribution in [2.45, 2.75) is 72.4 Å². The number of hydrogen-bond donors (Lipinski definition) is 0. The summed E-state index contributed by atoms with van der Waals surface area (Å²) in [6.07, 6.45) is 13.9. The summed E-state index contributed by atoms with van der Waals surface area (Å²) in [7, 11) is 3.11. The van der Waals surface area contributed by atoms with Crippen molar-refractivity contribution in [2.24, 2.45) is 15.9 Å². The number of methoxy groups -OCH3 is 2. The molecule has 0 saturated heterocycles. The molecule has 0 aromatic heterocycles. The Labute approximate surface area is 313 Å². The van der Waals surface area contributed by atoms with E-state index in [1.54, 1.807) is 38.5 Å². The molecule has 2 atom stereocenters. The van der Waals surface area contributed by atoms with E-state index in [2.05, 4.69) is 51.6 Å². The van der Waals surface area contributed by atoms with Gasteiger partial charge in [-0.3, -0.25) is 19.6 Å². The molecular formula is C44H51N3O6. The summed E-state index contributed by atoms with van der Waals surface area (Å²) >= 11 is 0. The van der Waals surface area contributed by atoms with Crippen molar-refractivity contribution in [3.63, 3.8) is 0 Å². The van der Waals surface area contributed by atoms with Crippen LogP contribution in [0.1, 0.15) is 85.2 Å². The lowest BCUT2D eigenvalue weighted by Gasteiger charge is -2.34. The standard InChI is InChI=1S/C44H51N3O6/c1-8-11-15-32(31(9-2)10-3)20-29(4)26-45-38-24-42(40(50-6)22-36(38)30(5)48)52-18-14-19-53-43-25-39-37(23-41(43)51-7)44(49)47-28-34-17-13-12-16-33(34)21-35(47)27-46-39/h9,11-13,15-17,22-27,29,35H,2,8,10,14,18-21,28H2,1,3-7H3/b15-11-,32-31-,45-26?. The van der Waals surface area contributed by atoms with E-state index in [1.165, 1.54) is 23.6 Å². The number of carbonyl (C=O) groups excluding carboxylic acids is 2. The molecule has 5 rings (SSSR count). The predicted octanol–water partition coefficient (Wildman–Crippen LogP) is 9.62. The van der Waals surface area contributed by atoms with E-state index in [0.29, 0.717) is 71.7 Å². The number of fused-ring (bicyclic) bond motifs is 3. The van der Waals surface area contributed by atoms with E-state index >= 15 is 0 Å². The number of rotatable bonds is 17. The van der Waals surface area contributed by atoms with Crippen LogP contribution in [0.15, 0.2) is 94.5 Å². The molecule has 2 heterocycles. The Balaban J connectivity index is 1.25. The van der Waals surface area contributed by atoms with E-state index in [0.717, 1.165) is 31.2 Å². The van der Waals surface area contributed by atoms with Crippen LogP contribution < -0.4 is 18.9 Å². The lowest BCUT2D eigenvalue weighted by atomic mass is 9.94. The first kappa shape index (κ1) is 38.8. The Morgan fingerprint density at radius 1 is 1.00 bits per heavy atom. The molecule has 0 N–H and O–H groups in total. The zero-order valence-electron chi connectivity index (χ0n) is 31.8. The molecule has 0 bridgehead atoms. The van der Waals surface area contributed by atoms with Crippen LogP contribution in [0, 0.1) is 5.92 Å². The highest BCUT2D eigenvalue weighted by atomic mass is 16.5. The average molecular weight is 718 g/mol. The normalized spacial score (nSPS) is 16.0. The maximum absolute atomic E-state index is 13.7. The van der Waals surface area contributed by atoms with E-state index in [-0.39, 0.29) is 23.7 Å². The lowest BCUT2D eigenvalue weighted by molar-refractivity contribution is 0.0703. The van der Waals surface area contributed by atoms with E-state index in [4.69, 9.17) is 28.9 Å². The number of benzene rings is 3. The molecule has 0 radical (unpaired) electrons. The molecular weight excluding hydrogens is 666 g/mol. The van der Waals surface area contributed by atoms with Crippen LogP contribution in [0.3, 0.4) is 0 Å². The molecule has 2 aliphatic rings. The molecule has 0 aliphatic carbocycles. The maximum atomic E-state index is 13.7. The van der Waals surface area contributed by atoms with Crippen LogP contribution in [-0.2, 0) is 13.0 Å². The van der Waals surface area contributed by atoms with Crippen molar-refractivity contribution in [1.82, 2.24) is 4.90 Å². The molecule has 0 fully saturated rings. The summed E-state index contributed by atoms with van der Waals surface area (Å²) in [5.74, 6) is 1.81. The van der Waals surface area contributed by atoms with E-state index < -0.39 is 0 Å². The van der Waals surface area contributed by atoms with E-state index in [1.807, 2.05) is 35.5 Å². The Morgan fingerprint density at radius 3 is 2.36 bits per heavy atom. The van der Waals surface area contributed by atoms with Gasteiger partial charge in [-0.15, -0.1) is 0 Å². The van der Waals surface area contributed by atoms with Crippen molar-refractivity contribution in [3.05, 3.63) is 107 Å². The van der Waals surface area contributed by atoms with Crippen LogP contribution in [-0.4, -0.2) is 62.5 Å². The van der Waals surface area contributed by atoms with Crippen LogP contribution in [0.4, 0.5) is 11.4 Å². The number of carbonyl (C=O) groups is 2. The van der Waals surface area contributed by atoms with Gasteiger partial charge in [-0.2, -0.15) is 0 Å². The molecule has 2 unspecified atom stereocenters. The van der Waals surface area contributed by atoms with Gasteiger partial charge in [-0.1, -0.05) is 69.8 Å². The fourth-order valence-corrected chi connectivity index (χ4v) is 6.63. The van der Waals surface area contributed by atoms with Gasteiger partial charge < -0.3 is 23.8 Å². The van der Waals surface area contributed by atoms with Gasteiger partial charge in [0.25, 0.3) is 5.91 Å². The van der Waals surface area contributed by atoms with Gasteiger partial charge in [-0.05, 0) is 72.9 Å². The molecule has 9 heteroatoms. The highest BCUT2D eigenvalue weighted by molar-refractivity contribution is 6.03. The third-order valence-corrected chi connectivity index (χ3v) is 9.52. The SMILES string of the molecule is C=C/C(CC)=C(\C=C/CC)CC(C)C=Nc1cc(OCCCOc2cc3c(cc2OC)C(=O)N2Cc4ccccc4CC2C=N3)c(OC)cc1C(C)=O. The Hall–Kier alpha value is -5.44. The zero-order chi connectivity index (χ0) is 37.9. The Morgan fingerprint density at radius 2 is 1.70 bits per heavy atom. The van der Waals surface area contributed by atoms with Crippen molar-refractivity contribution >= 4 is 35.5 Å². The minimum absolute atomic E-state index is 0.0813. The second-order valence-corrected chi connectivity index (χ2v) is 13.3. The fourth-order valence-electron chi connectivity index (χ4n) is 6.63. The van der Waals surface area contributed by atoms with Gasteiger partial charge in [-0.25, -0.2) is 0 Å². The van der Waals surface area contributed by atoms with Gasteiger partial charge in [0, 0.05) is 43.1 Å². The largest absolute Gasteiger partial charge is 0.493 e. The summed E-state index contributed by atoms with van der Waals surface area (Å²) in [6, 6.07) is 15.0. The zero-order valence-corrected chi connectivity index (χ0v) is 31.8. The Kier molecular flexibility index (Phi) is 13.4. The van der Waals surface area contributed by atoms with Crippen LogP contribution >= 0.6 is 0 Å². The number of ketones is 1. The minimum Gasteiger partial charge on any atom is -0.493 e. The highest BCUT2D eigenvalue weighted by Gasteiger charge is 2.33. The van der Waals surface area contributed by atoms with Crippen LogP contribution in [0.5, 0.6) is 23.0 Å². The number of amides is 1. The lowest BCUT2D eigenvalue weighted by Crippen LogP contribution is -2.44. The summed E-state index contributed by atoms with van der Waals surface area (Å²) in [4.78, 5) is 37.7. The fraction of sp³-hybridized carbons (Fsp3) is 0.364. The van der Waals surface area contributed by atoms with Gasteiger partial charge in [0.05, 0.1) is 50.4 Å². The molecule has 2 aliphatic heterocycles. The third kappa shape index (κ3) is 9.33. The first-order valence-electron chi connectivity index (χ1n) is 18.4. The molecule has 3 aromatic rings. The summed E-state index contributed by atoms with van der Waals surface area (Å²) in [5.41, 5.74) is 6.86. The molecule has 53 heavy (non-hydrogen) atoms. The quantitative estimate of drug-likeness (QED) is 0.0597. The first-order chi connectivity index (χ1) is 25.7. The number of ether oxygens (including phenoxy) is 4. The molecule has 3 aromatic carbocycles. The minimum atomic E-state index is -0.122. The van der Waals surface area contributed by atoms with Crippen molar-refractivity contribution in [3.8, 4) is 23.0 Å². The second-order valence-electron chi connectivity index (χ2n) is 13.3. The number of hydrogen-bond acceptors (Lipinski definition) is 8. The number of allylic oxidation sites excluding steroid dienone is 5. The molecule has 278 valence electrons. The Bertz CT molecular complexity index is 1940. The van der Waals surface area contributed by atoms with Gasteiger partial charge in [0.2, 0.25) is 0 Å². The predicted molar refractivity (Wildman–Crippen MR) is 212 cm³/mol. The number of Topliss-reactive ketones (excluding diaryl/α,β-unsaturated/α-hetero) is 1. The summed E-state index contributed by atoms with van der Waals surface area (Å²) in [5, 5.41) is 0. The number of aliphatic imine (C=N–C) groups is 2. The van der Waals surface area contributed by atoms with Gasteiger partial charge in [0.1, 0.15) is 0 Å². The van der Waals surface area contributed by atoms with Gasteiger partial charge in [0.15, 0.2) is 28.8 Å². The summed E-state index contributed by atoms with van der Waals surface area (Å²) in [6.45, 7) is 13.0. The monoisotopic (exact) mass is 717 g/mol. The topological polar surface area (TPSA) is 99.0 Å². The van der Waals surface area contributed by atoms with Crippen LogP contribution in [0.2, 0.25) is 0 Å². The van der Waals surface area contributed by atoms with Crippen LogP contribution in [0.25, 0.3) is 0 Å².